The van der Waals surface area contributed by atoms with Crippen LogP contribution < -0.4 is 20.6 Å². The van der Waals surface area contributed by atoms with E-state index < -0.39 is 112 Å². The molecule has 22 heteroatoms. The number of hydrogen-bond donors (Lipinski definition) is 9. The maximum atomic E-state index is 14.6. The van der Waals surface area contributed by atoms with E-state index in [1.54, 1.807) is 0 Å². The summed E-state index contributed by atoms with van der Waals surface area (Å²) in [5.41, 5.74) is -1.58. The van der Waals surface area contributed by atoms with Gasteiger partial charge in [-0.15, -0.1) is 0 Å². The van der Waals surface area contributed by atoms with Gasteiger partial charge in [0.25, 0.3) is 5.91 Å². The topological polar surface area (TPSA) is 276 Å². The number of halogens is 3. The third kappa shape index (κ3) is 7.86. The highest BCUT2D eigenvalue weighted by Crippen LogP contribution is 2.41. The first-order valence-electron chi connectivity index (χ1n) is 15.8. The van der Waals surface area contributed by atoms with Crippen molar-refractivity contribution in [1.29, 1.82) is 0 Å². The van der Waals surface area contributed by atoms with Gasteiger partial charge in [-0.25, -0.2) is 18.4 Å². The third-order valence-electron chi connectivity index (χ3n) is 8.46. The van der Waals surface area contributed by atoms with Crippen LogP contribution in [0.3, 0.4) is 0 Å². The number of carboxylic acids is 1. The second kappa shape index (κ2) is 15.7. The zero-order valence-electron chi connectivity index (χ0n) is 27.5. The van der Waals surface area contributed by atoms with Crippen LogP contribution in [0, 0.1) is 11.6 Å². The van der Waals surface area contributed by atoms with Crippen molar-refractivity contribution in [3.8, 4) is 28.7 Å². The maximum Gasteiger partial charge on any atom is 0.547 e. The number of hydrogen-bond acceptors (Lipinski definition) is 12. The molecule has 284 valence electrons. The average Bonchev–Trinajstić information content (AvgIpc) is 3.11. The molecule has 3 aromatic rings. The SMILES string of the molecule is O=C(NCCCN1CCN(C(=O)NC(C(=O)N[C@H]2Cc3ccc(F)c(C(=O)O)c3OB2O)c2cc(F)c(O)c(O)c2Cl)C(=O)C1=O)c1ccc(O)cc1O. The lowest BCUT2D eigenvalue weighted by molar-refractivity contribution is -0.153. The van der Waals surface area contributed by atoms with Crippen molar-refractivity contribution < 1.29 is 72.8 Å². The summed E-state index contributed by atoms with van der Waals surface area (Å²) in [5.74, 6) is -13.9. The molecule has 3 aromatic carbocycles. The molecule has 0 spiro atoms. The number of amides is 6. The van der Waals surface area contributed by atoms with Crippen molar-refractivity contribution in [2.75, 3.05) is 26.2 Å². The monoisotopic (exact) mass is 775 g/mol. The van der Waals surface area contributed by atoms with Crippen molar-refractivity contribution in [3.05, 3.63) is 75.3 Å². The molecule has 0 aliphatic carbocycles. The van der Waals surface area contributed by atoms with Gasteiger partial charge in [0.15, 0.2) is 17.3 Å². The summed E-state index contributed by atoms with van der Waals surface area (Å²) < 4.78 is 34.0. The highest BCUT2D eigenvalue weighted by Gasteiger charge is 2.42. The van der Waals surface area contributed by atoms with E-state index in [9.17, 15) is 68.1 Å². The number of carbonyl (C=O) groups excluding carboxylic acids is 5. The van der Waals surface area contributed by atoms with Crippen LogP contribution in [-0.2, 0) is 20.8 Å². The average molecular weight is 776 g/mol. The lowest BCUT2D eigenvalue weighted by Crippen LogP contribution is -2.60. The highest BCUT2D eigenvalue weighted by atomic mass is 35.5. The molecule has 0 saturated carbocycles. The maximum absolute atomic E-state index is 14.6. The van der Waals surface area contributed by atoms with Gasteiger partial charge in [0.2, 0.25) is 5.91 Å². The number of fused-ring (bicyclic) bond motifs is 1. The Morgan fingerprint density at radius 3 is 2.39 bits per heavy atom. The number of nitrogens with one attached hydrogen (secondary N) is 3. The van der Waals surface area contributed by atoms with Crippen molar-refractivity contribution in [1.82, 2.24) is 25.8 Å². The first kappa shape index (κ1) is 38.9. The molecular formula is C32H29BClF2N5O13. The van der Waals surface area contributed by atoms with Crippen LogP contribution in [0.15, 0.2) is 36.4 Å². The number of imide groups is 1. The quantitative estimate of drug-likeness (QED) is 0.0589. The summed E-state index contributed by atoms with van der Waals surface area (Å²) in [7, 11) is -1.99. The molecule has 6 amide bonds. The molecule has 2 aliphatic heterocycles. The fourth-order valence-electron chi connectivity index (χ4n) is 5.70. The summed E-state index contributed by atoms with van der Waals surface area (Å²) in [5, 5.41) is 65.4. The van der Waals surface area contributed by atoms with Gasteiger partial charge in [-0.05, 0) is 42.7 Å². The number of aromatic hydroxyl groups is 4. The fraction of sp³-hybridized carbons (Fsp3) is 0.250. The Balaban J connectivity index is 1.28. The van der Waals surface area contributed by atoms with Gasteiger partial charge < -0.3 is 56.1 Å². The minimum Gasteiger partial charge on any atom is -0.534 e. The number of nitrogens with zero attached hydrogens (tertiary/aromatic N) is 2. The molecule has 2 atom stereocenters. The van der Waals surface area contributed by atoms with E-state index in [0.717, 1.165) is 23.1 Å². The Hall–Kier alpha value is -6.35. The van der Waals surface area contributed by atoms with Crippen LogP contribution >= 0.6 is 11.6 Å². The summed E-state index contributed by atoms with van der Waals surface area (Å²) in [6.45, 7) is -0.653. The zero-order chi connectivity index (χ0) is 39.6. The number of phenols is 4. The van der Waals surface area contributed by atoms with E-state index in [2.05, 4.69) is 16.0 Å². The highest BCUT2D eigenvalue weighted by molar-refractivity contribution is 6.47. The number of aromatic carboxylic acids is 1. The molecule has 2 heterocycles. The van der Waals surface area contributed by atoms with Crippen LogP contribution in [0.1, 0.15) is 44.3 Å². The number of rotatable bonds is 10. The minimum absolute atomic E-state index is 0.00116. The van der Waals surface area contributed by atoms with Crippen LogP contribution in [0.5, 0.6) is 28.7 Å². The number of carbonyl (C=O) groups is 6. The summed E-state index contributed by atoms with van der Waals surface area (Å²) in [6, 6.07) is 2.41. The van der Waals surface area contributed by atoms with Gasteiger partial charge in [0, 0.05) is 37.8 Å². The van der Waals surface area contributed by atoms with E-state index in [0.29, 0.717) is 11.0 Å². The summed E-state index contributed by atoms with van der Waals surface area (Å²) in [6.07, 6.45) is -0.204. The molecular weight excluding hydrogens is 747 g/mol. The van der Waals surface area contributed by atoms with Gasteiger partial charge in [-0.2, -0.15) is 0 Å². The molecule has 0 aromatic heterocycles. The van der Waals surface area contributed by atoms with E-state index in [1.807, 2.05) is 0 Å². The lowest BCUT2D eigenvalue weighted by atomic mass is 9.72. The van der Waals surface area contributed by atoms with E-state index >= 15 is 0 Å². The van der Waals surface area contributed by atoms with Crippen molar-refractivity contribution in [2.24, 2.45) is 0 Å². The van der Waals surface area contributed by atoms with Crippen molar-refractivity contribution in [2.45, 2.75) is 24.8 Å². The number of phenolic OH excluding ortho intramolecular Hbond substituents is 4. The third-order valence-corrected chi connectivity index (χ3v) is 8.86. The number of piperazine rings is 1. The molecule has 1 fully saturated rings. The van der Waals surface area contributed by atoms with E-state index in [1.165, 1.54) is 12.1 Å². The number of benzene rings is 3. The first-order chi connectivity index (χ1) is 25.5. The smallest absolute Gasteiger partial charge is 0.534 e. The Labute approximate surface area is 307 Å². The predicted octanol–water partition coefficient (Wildman–Crippen LogP) is 0.520. The number of carboxylic acid groups (broad SMARTS) is 1. The molecule has 54 heavy (non-hydrogen) atoms. The van der Waals surface area contributed by atoms with E-state index in [-0.39, 0.29) is 49.4 Å². The van der Waals surface area contributed by atoms with Crippen LogP contribution in [0.4, 0.5) is 13.6 Å². The Morgan fingerprint density at radius 1 is 0.981 bits per heavy atom. The molecule has 1 unspecified atom stereocenters. The largest absolute Gasteiger partial charge is 0.547 e. The minimum atomic E-state index is -2.08. The van der Waals surface area contributed by atoms with Gasteiger partial charge in [0.1, 0.15) is 34.7 Å². The van der Waals surface area contributed by atoms with Crippen molar-refractivity contribution in [3.63, 3.8) is 0 Å². The molecule has 18 nitrogen and oxygen atoms in total. The van der Waals surface area contributed by atoms with Gasteiger partial charge in [-0.1, -0.05) is 17.7 Å². The first-order valence-corrected chi connectivity index (χ1v) is 16.2. The fourth-order valence-corrected chi connectivity index (χ4v) is 5.96. The second-order valence-corrected chi connectivity index (χ2v) is 12.3. The predicted molar refractivity (Wildman–Crippen MR) is 179 cm³/mol. The molecule has 2 aliphatic rings. The Kier molecular flexibility index (Phi) is 11.3. The van der Waals surface area contributed by atoms with Crippen LogP contribution in [0.25, 0.3) is 0 Å². The van der Waals surface area contributed by atoms with Gasteiger partial charge in [-0.3, -0.25) is 24.1 Å². The van der Waals surface area contributed by atoms with Crippen LogP contribution in [0.2, 0.25) is 5.02 Å². The normalized spacial score (nSPS) is 15.9. The van der Waals surface area contributed by atoms with Crippen LogP contribution in [-0.4, -0.2) is 115 Å². The molecule has 9 N–H and O–H groups in total. The number of urea groups is 1. The zero-order valence-corrected chi connectivity index (χ0v) is 28.3. The molecule has 0 radical (unpaired) electrons. The van der Waals surface area contributed by atoms with E-state index in [4.69, 9.17) is 16.3 Å². The Morgan fingerprint density at radius 2 is 1.70 bits per heavy atom. The molecule has 1 saturated heterocycles. The summed E-state index contributed by atoms with van der Waals surface area (Å²) in [4.78, 5) is 78.5. The lowest BCUT2D eigenvalue weighted by Gasteiger charge is -2.34. The standard InChI is InChI=1S/C32H29BClF2N5O13/c34-22-16(12-18(36)24(44)25(22)45)23(28(47)38-20-10-13-2-5-17(35)21(31(50)51)26(13)54-33(20)53)39-32(52)41-9-8-40(29(48)30(41)49)7-1-6-37-27(46)15-4-3-14(42)11-19(15)43/h2-5,11-12,20,23,42-45,53H,1,6-10H2,(H,37,46)(H,38,47)(H,39,52)(H,50,51)/t20-,23?/m0/s1. The molecule has 0 bridgehead atoms. The molecule has 5 rings (SSSR count). The second-order valence-electron chi connectivity index (χ2n) is 11.9. The Bertz CT molecular complexity index is 2080. The summed E-state index contributed by atoms with van der Waals surface area (Å²) >= 11 is 6.12. The van der Waals surface area contributed by atoms with Crippen molar-refractivity contribution >= 4 is 54.3 Å². The van der Waals surface area contributed by atoms with Gasteiger partial charge >= 0.3 is 30.9 Å². The van der Waals surface area contributed by atoms with Gasteiger partial charge in [0.05, 0.1) is 16.5 Å².